The monoisotopic (exact) mass is 770 g/mol. The SMILES string of the molecule is COc1ccc(-c2oc3cc(O[C@@H]4OC(C)[C@H](O)[C@H](O)C4O)cc(O)c3c(=O)c2O[C@@H]2OC(CO[C@@H]3OC(C)[C@H](O)[C@H](O)C3O)[C@@H](O)C(O)C2O)cc1O. The summed E-state index contributed by atoms with van der Waals surface area (Å²) in [7, 11) is 1.30. The molecule has 1 aromatic heterocycles. The summed E-state index contributed by atoms with van der Waals surface area (Å²) < 4.78 is 44.7. The number of ether oxygens (including phenoxy) is 7. The van der Waals surface area contributed by atoms with Gasteiger partial charge in [0.15, 0.2) is 23.5 Å². The fraction of sp³-hybridized carbons (Fsp3) is 0.559. The molecule has 0 radical (unpaired) electrons. The Bertz CT molecular complexity index is 1850. The summed E-state index contributed by atoms with van der Waals surface area (Å²) in [5.41, 5.74) is -1.39. The quantitative estimate of drug-likeness (QED) is 0.104. The third-order valence-electron chi connectivity index (χ3n) is 9.54. The number of fused-ring (bicyclic) bond motifs is 1. The normalized spacial score (nSPS) is 37.2. The van der Waals surface area contributed by atoms with Crippen molar-refractivity contribution in [3.8, 4) is 40.1 Å². The highest BCUT2D eigenvalue weighted by atomic mass is 16.7. The number of aliphatic hydroxyl groups is 9. The van der Waals surface area contributed by atoms with E-state index in [1.807, 2.05) is 0 Å². The maximum absolute atomic E-state index is 14.1. The number of hydrogen-bond donors (Lipinski definition) is 11. The summed E-state index contributed by atoms with van der Waals surface area (Å²) >= 11 is 0. The molecule has 20 heteroatoms. The molecule has 15 atom stereocenters. The Morgan fingerprint density at radius 1 is 0.648 bits per heavy atom. The number of phenolic OH excluding ortho intramolecular Hbond substituents is 2. The van der Waals surface area contributed by atoms with E-state index >= 15 is 0 Å². The molecule has 0 spiro atoms. The van der Waals surface area contributed by atoms with E-state index in [1.54, 1.807) is 0 Å². The lowest BCUT2D eigenvalue weighted by atomic mass is 9.98. The summed E-state index contributed by atoms with van der Waals surface area (Å²) in [6.07, 6.45) is -23.8. The van der Waals surface area contributed by atoms with E-state index in [4.69, 9.17) is 37.6 Å². The van der Waals surface area contributed by atoms with E-state index in [2.05, 4.69) is 0 Å². The second-order valence-corrected chi connectivity index (χ2v) is 13.2. The van der Waals surface area contributed by atoms with Crippen molar-refractivity contribution in [1.82, 2.24) is 0 Å². The van der Waals surface area contributed by atoms with Gasteiger partial charge in [-0.1, -0.05) is 0 Å². The Morgan fingerprint density at radius 3 is 1.83 bits per heavy atom. The first-order chi connectivity index (χ1) is 25.5. The molecule has 4 heterocycles. The van der Waals surface area contributed by atoms with E-state index in [9.17, 15) is 61.0 Å². The first-order valence-electron chi connectivity index (χ1n) is 16.8. The minimum Gasteiger partial charge on any atom is -0.507 e. The first-order valence-corrected chi connectivity index (χ1v) is 16.8. The molecule has 3 aliphatic rings. The average Bonchev–Trinajstić information content (AvgIpc) is 3.14. The van der Waals surface area contributed by atoms with Crippen LogP contribution in [-0.2, 0) is 18.9 Å². The van der Waals surface area contributed by atoms with Crippen LogP contribution in [-0.4, -0.2) is 162 Å². The highest BCUT2D eigenvalue weighted by molar-refractivity contribution is 5.88. The zero-order valence-corrected chi connectivity index (χ0v) is 28.8. The predicted octanol–water partition coefficient (Wildman–Crippen LogP) is -2.88. The number of benzene rings is 2. The molecule has 2 aromatic carbocycles. The summed E-state index contributed by atoms with van der Waals surface area (Å²) in [6.45, 7) is 2.21. The Morgan fingerprint density at radius 2 is 1.22 bits per heavy atom. The molecular weight excluding hydrogens is 728 g/mol. The number of phenols is 2. The van der Waals surface area contributed by atoms with Crippen LogP contribution in [0.5, 0.6) is 28.7 Å². The maximum atomic E-state index is 14.1. The van der Waals surface area contributed by atoms with Gasteiger partial charge in [0, 0.05) is 17.7 Å². The molecule has 3 aliphatic heterocycles. The van der Waals surface area contributed by atoms with Gasteiger partial charge in [0.1, 0.15) is 83.5 Å². The first kappa shape index (κ1) is 39.8. The number of aromatic hydroxyl groups is 2. The topological polar surface area (TPSA) is 317 Å². The van der Waals surface area contributed by atoms with Crippen molar-refractivity contribution in [3.63, 3.8) is 0 Å². The zero-order valence-electron chi connectivity index (χ0n) is 28.8. The minimum absolute atomic E-state index is 0.00542. The molecule has 298 valence electrons. The molecular formula is C34H42O20. The van der Waals surface area contributed by atoms with Crippen LogP contribution in [0.2, 0.25) is 0 Å². The number of methoxy groups -OCH3 is 1. The van der Waals surface area contributed by atoms with Gasteiger partial charge in [-0.3, -0.25) is 4.79 Å². The van der Waals surface area contributed by atoms with Crippen LogP contribution in [0.15, 0.2) is 39.5 Å². The Kier molecular flexibility index (Phi) is 11.6. The van der Waals surface area contributed by atoms with Gasteiger partial charge in [0.25, 0.3) is 0 Å². The van der Waals surface area contributed by atoms with Crippen molar-refractivity contribution in [1.29, 1.82) is 0 Å². The van der Waals surface area contributed by atoms with E-state index in [-0.39, 0.29) is 22.6 Å². The van der Waals surface area contributed by atoms with Gasteiger partial charge in [0.05, 0.1) is 25.9 Å². The molecule has 0 saturated carbocycles. The van der Waals surface area contributed by atoms with Crippen LogP contribution < -0.4 is 19.6 Å². The molecule has 3 saturated heterocycles. The van der Waals surface area contributed by atoms with E-state index < -0.39 is 133 Å². The van der Waals surface area contributed by atoms with Crippen LogP contribution in [0.3, 0.4) is 0 Å². The third kappa shape index (κ3) is 7.41. The van der Waals surface area contributed by atoms with Crippen molar-refractivity contribution in [2.75, 3.05) is 13.7 Å². The second-order valence-electron chi connectivity index (χ2n) is 13.2. The van der Waals surface area contributed by atoms with E-state index in [1.165, 1.54) is 33.1 Å². The fourth-order valence-corrected chi connectivity index (χ4v) is 6.31. The molecule has 6 rings (SSSR count). The summed E-state index contributed by atoms with van der Waals surface area (Å²) in [6, 6.07) is 5.95. The maximum Gasteiger partial charge on any atom is 0.239 e. The highest BCUT2D eigenvalue weighted by Crippen LogP contribution is 2.40. The lowest BCUT2D eigenvalue weighted by molar-refractivity contribution is -0.318. The fourth-order valence-electron chi connectivity index (χ4n) is 6.31. The lowest BCUT2D eigenvalue weighted by Crippen LogP contribution is -2.61. The smallest absolute Gasteiger partial charge is 0.239 e. The predicted molar refractivity (Wildman–Crippen MR) is 176 cm³/mol. The van der Waals surface area contributed by atoms with Gasteiger partial charge in [-0.25, -0.2) is 0 Å². The molecule has 0 bridgehead atoms. The van der Waals surface area contributed by atoms with Crippen molar-refractivity contribution >= 4 is 11.0 Å². The van der Waals surface area contributed by atoms with Crippen molar-refractivity contribution in [3.05, 3.63) is 40.6 Å². The molecule has 0 amide bonds. The second kappa shape index (κ2) is 15.7. The highest BCUT2D eigenvalue weighted by Gasteiger charge is 2.48. The van der Waals surface area contributed by atoms with E-state index in [0.29, 0.717) is 0 Å². The summed E-state index contributed by atoms with van der Waals surface area (Å²) in [5.74, 6) is -2.42. The standard InChI is InChI=1S/C34H42O20/c1-10-20(37)24(41)27(44)32(49-10)48-9-18-22(39)26(43)29(46)34(53-18)54-31-23(40)19-15(36)7-13(51-33-28(45)25(42)21(38)11(2)50-33)8-17(19)52-30(31)12-4-5-16(47-3)14(35)6-12/h4-8,10-11,18,20-22,24-29,32-39,41-46H,9H2,1-3H3/t10?,11?,18?,20-,21-,22+,24-,25-,26?,27?,28?,29?,32+,33-,34-/m0/s1. The summed E-state index contributed by atoms with van der Waals surface area (Å²) in [5, 5.41) is 114. The molecule has 7 unspecified atom stereocenters. The van der Waals surface area contributed by atoms with Crippen molar-refractivity contribution in [2.24, 2.45) is 0 Å². The van der Waals surface area contributed by atoms with Gasteiger partial charge in [0.2, 0.25) is 23.8 Å². The number of aliphatic hydroxyl groups excluding tert-OH is 9. The molecule has 3 fully saturated rings. The van der Waals surface area contributed by atoms with Gasteiger partial charge in [-0.05, 0) is 32.0 Å². The van der Waals surface area contributed by atoms with E-state index in [0.717, 1.165) is 18.2 Å². The van der Waals surface area contributed by atoms with Gasteiger partial charge >= 0.3 is 0 Å². The third-order valence-corrected chi connectivity index (χ3v) is 9.54. The number of hydrogen-bond acceptors (Lipinski definition) is 20. The largest absolute Gasteiger partial charge is 0.507 e. The number of rotatable bonds is 9. The van der Waals surface area contributed by atoms with Crippen LogP contribution in [0.1, 0.15) is 13.8 Å². The van der Waals surface area contributed by atoms with Crippen molar-refractivity contribution in [2.45, 2.75) is 106 Å². The van der Waals surface area contributed by atoms with Gasteiger partial charge in [-0.2, -0.15) is 0 Å². The summed E-state index contributed by atoms with van der Waals surface area (Å²) in [4.78, 5) is 14.1. The molecule has 11 N–H and O–H groups in total. The molecule has 54 heavy (non-hydrogen) atoms. The Balaban J connectivity index is 1.35. The van der Waals surface area contributed by atoms with Gasteiger partial charge < -0.3 is 93.7 Å². The zero-order chi connectivity index (χ0) is 39.3. The average molecular weight is 771 g/mol. The molecule has 0 aliphatic carbocycles. The van der Waals surface area contributed by atoms with Crippen LogP contribution >= 0.6 is 0 Å². The van der Waals surface area contributed by atoms with Crippen molar-refractivity contribution < 1.29 is 93.7 Å². The molecule has 3 aromatic rings. The lowest BCUT2D eigenvalue weighted by Gasteiger charge is -2.42. The molecule has 20 nitrogen and oxygen atoms in total. The Labute approximate surface area is 305 Å². The van der Waals surface area contributed by atoms with Crippen LogP contribution in [0, 0.1) is 0 Å². The van der Waals surface area contributed by atoms with Crippen LogP contribution in [0.25, 0.3) is 22.3 Å². The Hall–Kier alpha value is -3.87. The van der Waals surface area contributed by atoms with Gasteiger partial charge in [-0.15, -0.1) is 0 Å². The van der Waals surface area contributed by atoms with Crippen LogP contribution in [0.4, 0.5) is 0 Å². The minimum atomic E-state index is -2.01.